The van der Waals surface area contributed by atoms with Crippen LogP contribution in [0.5, 0.6) is 11.5 Å². The molecule has 2 atom stereocenters. The van der Waals surface area contributed by atoms with Crippen molar-refractivity contribution >= 4 is 23.2 Å². The van der Waals surface area contributed by atoms with Crippen LogP contribution in [0.2, 0.25) is 0 Å². The summed E-state index contributed by atoms with van der Waals surface area (Å²) in [5.41, 5.74) is 1.41. The minimum Gasteiger partial charge on any atom is -0.493 e. The highest BCUT2D eigenvalue weighted by Gasteiger charge is 2.48. The summed E-state index contributed by atoms with van der Waals surface area (Å²) in [7, 11) is 3.05. The van der Waals surface area contributed by atoms with Crippen molar-refractivity contribution in [1.29, 1.82) is 5.26 Å². The van der Waals surface area contributed by atoms with Gasteiger partial charge in [-0.15, -0.1) is 0 Å². The number of benzene rings is 2. The number of hydrogen-bond acceptors (Lipinski definition) is 5. The molecule has 0 radical (unpaired) electrons. The van der Waals surface area contributed by atoms with Gasteiger partial charge >= 0.3 is 0 Å². The lowest BCUT2D eigenvalue weighted by molar-refractivity contribution is -0.122. The van der Waals surface area contributed by atoms with E-state index < -0.39 is 11.8 Å². The van der Waals surface area contributed by atoms with Crippen LogP contribution in [0.4, 0.5) is 11.4 Å². The van der Waals surface area contributed by atoms with Gasteiger partial charge in [0, 0.05) is 11.8 Å². The Kier molecular flexibility index (Phi) is 5.27. The number of nitrogens with one attached hydrogen (secondary N) is 2. The maximum absolute atomic E-state index is 12.4. The fraction of sp³-hybridized carbons (Fsp3) is 0.250. The summed E-state index contributed by atoms with van der Waals surface area (Å²) in [6.07, 6.45) is 0.472. The number of rotatable bonds is 6. The van der Waals surface area contributed by atoms with Crippen LogP contribution in [0.1, 0.15) is 12.0 Å². The minimum atomic E-state index is -0.406. The van der Waals surface area contributed by atoms with Gasteiger partial charge in [-0.05, 0) is 30.7 Å². The second-order valence-electron chi connectivity index (χ2n) is 6.15. The van der Waals surface area contributed by atoms with Gasteiger partial charge in [0.1, 0.15) is 6.07 Å². The predicted octanol–water partition coefficient (Wildman–Crippen LogP) is 2.79. The number of hydrogen-bond donors (Lipinski definition) is 2. The zero-order valence-electron chi connectivity index (χ0n) is 15.0. The Hall–Kier alpha value is -3.53. The normalized spacial score (nSPS) is 17.4. The maximum Gasteiger partial charge on any atom is 0.228 e. The second-order valence-corrected chi connectivity index (χ2v) is 6.15. The summed E-state index contributed by atoms with van der Waals surface area (Å²) >= 11 is 0. The third kappa shape index (κ3) is 4.01. The quantitative estimate of drug-likeness (QED) is 0.820. The number of ether oxygens (including phenoxy) is 2. The molecule has 0 saturated heterocycles. The molecular weight excluding hydrogens is 346 g/mol. The van der Waals surface area contributed by atoms with Gasteiger partial charge in [-0.25, -0.2) is 0 Å². The molecular formula is C20H19N3O4. The largest absolute Gasteiger partial charge is 0.493 e. The SMILES string of the molecule is COc1ccc(NC(=O)C2CC2C(=O)Nc2ccccc2C#N)cc1OC. The number of nitrogens with zero attached hydrogens (tertiary/aromatic N) is 1. The Balaban J connectivity index is 1.60. The summed E-state index contributed by atoms with van der Waals surface area (Å²) in [5.74, 6) is -0.214. The third-order valence-electron chi connectivity index (χ3n) is 4.42. The zero-order valence-corrected chi connectivity index (χ0v) is 15.0. The molecule has 0 heterocycles. The molecule has 2 amide bonds. The molecule has 1 aliphatic carbocycles. The molecule has 0 aromatic heterocycles. The molecule has 0 spiro atoms. The maximum atomic E-state index is 12.4. The van der Waals surface area contributed by atoms with Crippen LogP contribution in [0, 0.1) is 23.2 Å². The molecule has 2 aromatic carbocycles. The standard InChI is InChI=1S/C20H19N3O4/c1-26-17-8-7-13(9-18(17)27-2)22-19(24)14-10-15(14)20(25)23-16-6-4-3-5-12(16)11-21/h3-9,14-15H,10H2,1-2H3,(H,22,24)(H,23,25). The van der Waals surface area contributed by atoms with E-state index in [0.29, 0.717) is 34.9 Å². The van der Waals surface area contributed by atoms with E-state index in [1.54, 1.807) is 42.5 Å². The summed E-state index contributed by atoms with van der Waals surface area (Å²) in [5, 5.41) is 14.6. The van der Waals surface area contributed by atoms with Crippen molar-refractivity contribution in [2.24, 2.45) is 11.8 Å². The highest BCUT2D eigenvalue weighted by Crippen LogP contribution is 2.41. The number of carbonyl (C=O) groups is 2. The van der Waals surface area contributed by atoms with Crippen molar-refractivity contribution in [2.75, 3.05) is 24.9 Å². The fourth-order valence-electron chi connectivity index (χ4n) is 2.84. The zero-order chi connectivity index (χ0) is 19.4. The molecule has 27 heavy (non-hydrogen) atoms. The molecule has 2 aromatic rings. The highest BCUT2D eigenvalue weighted by atomic mass is 16.5. The predicted molar refractivity (Wildman–Crippen MR) is 99.6 cm³/mol. The van der Waals surface area contributed by atoms with Gasteiger partial charge in [0.05, 0.1) is 37.3 Å². The molecule has 0 bridgehead atoms. The van der Waals surface area contributed by atoms with E-state index >= 15 is 0 Å². The lowest BCUT2D eigenvalue weighted by atomic mass is 10.2. The first kappa shape index (κ1) is 18.3. The number of para-hydroxylation sites is 1. The average Bonchev–Trinajstić information content (AvgIpc) is 3.49. The van der Waals surface area contributed by atoms with Gasteiger partial charge in [-0.2, -0.15) is 5.26 Å². The van der Waals surface area contributed by atoms with E-state index in [9.17, 15) is 9.59 Å². The van der Waals surface area contributed by atoms with E-state index in [1.807, 2.05) is 6.07 Å². The van der Waals surface area contributed by atoms with E-state index in [1.165, 1.54) is 14.2 Å². The number of methoxy groups -OCH3 is 2. The Labute approximate surface area is 156 Å². The van der Waals surface area contributed by atoms with Crippen LogP contribution < -0.4 is 20.1 Å². The molecule has 1 fully saturated rings. The summed E-state index contributed by atoms with van der Waals surface area (Å²) in [6, 6.07) is 13.9. The fourth-order valence-corrected chi connectivity index (χ4v) is 2.84. The van der Waals surface area contributed by atoms with Crippen molar-refractivity contribution in [1.82, 2.24) is 0 Å². The first-order chi connectivity index (χ1) is 13.1. The molecule has 3 rings (SSSR count). The van der Waals surface area contributed by atoms with Gasteiger partial charge in [-0.1, -0.05) is 12.1 Å². The first-order valence-electron chi connectivity index (χ1n) is 8.40. The van der Waals surface area contributed by atoms with Crippen molar-refractivity contribution in [3.63, 3.8) is 0 Å². The van der Waals surface area contributed by atoms with Gasteiger partial charge in [0.25, 0.3) is 0 Å². The lowest BCUT2D eigenvalue weighted by Crippen LogP contribution is -2.21. The van der Waals surface area contributed by atoms with Gasteiger partial charge < -0.3 is 20.1 Å². The molecule has 1 saturated carbocycles. The Morgan fingerprint density at radius 3 is 2.33 bits per heavy atom. The Bertz CT molecular complexity index is 920. The topological polar surface area (TPSA) is 100 Å². The number of carbonyl (C=O) groups excluding carboxylic acids is 2. The van der Waals surface area contributed by atoms with Crippen LogP contribution in [-0.2, 0) is 9.59 Å². The van der Waals surface area contributed by atoms with Crippen LogP contribution >= 0.6 is 0 Å². The molecule has 2 N–H and O–H groups in total. The van der Waals surface area contributed by atoms with Crippen molar-refractivity contribution < 1.29 is 19.1 Å². The van der Waals surface area contributed by atoms with E-state index in [0.717, 1.165) is 0 Å². The molecule has 2 unspecified atom stereocenters. The first-order valence-corrected chi connectivity index (χ1v) is 8.40. The summed E-state index contributed by atoms with van der Waals surface area (Å²) < 4.78 is 10.4. The second kappa shape index (κ2) is 7.79. The molecule has 0 aliphatic heterocycles. The summed E-state index contributed by atoms with van der Waals surface area (Å²) in [6.45, 7) is 0. The van der Waals surface area contributed by atoms with Gasteiger partial charge in [0.15, 0.2) is 11.5 Å². The minimum absolute atomic E-state index is 0.226. The highest BCUT2D eigenvalue weighted by molar-refractivity contribution is 6.03. The summed E-state index contributed by atoms with van der Waals surface area (Å²) in [4.78, 5) is 24.8. The van der Waals surface area contributed by atoms with Crippen LogP contribution in [0.25, 0.3) is 0 Å². The van der Waals surface area contributed by atoms with Crippen LogP contribution in [0.15, 0.2) is 42.5 Å². The third-order valence-corrected chi connectivity index (χ3v) is 4.42. The lowest BCUT2D eigenvalue weighted by Gasteiger charge is -2.10. The number of nitriles is 1. The van der Waals surface area contributed by atoms with Gasteiger partial charge in [-0.3, -0.25) is 9.59 Å². The molecule has 1 aliphatic rings. The molecule has 7 heteroatoms. The van der Waals surface area contributed by atoms with E-state index in [4.69, 9.17) is 14.7 Å². The smallest absolute Gasteiger partial charge is 0.228 e. The monoisotopic (exact) mass is 365 g/mol. The van der Waals surface area contributed by atoms with E-state index in [2.05, 4.69) is 10.6 Å². The number of amides is 2. The van der Waals surface area contributed by atoms with Gasteiger partial charge in [0.2, 0.25) is 11.8 Å². The van der Waals surface area contributed by atoms with Crippen LogP contribution in [0.3, 0.4) is 0 Å². The van der Waals surface area contributed by atoms with Crippen molar-refractivity contribution in [3.05, 3.63) is 48.0 Å². The Morgan fingerprint density at radius 1 is 1.00 bits per heavy atom. The Morgan fingerprint density at radius 2 is 1.67 bits per heavy atom. The molecule has 138 valence electrons. The van der Waals surface area contributed by atoms with E-state index in [-0.39, 0.29) is 11.8 Å². The molecule has 7 nitrogen and oxygen atoms in total. The van der Waals surface area contributed by atoms with Crippen molar-refractivity contribution in [3.8, 4) is 17.6 Å². The average molecular weight is 365 g/mol. The number of anilines is 2. The van der Waals surface area contributed by atoms with Crippen LogP contribution in [-0.4, -0.2) is 26.0 Å². The van der Waals surface area contributed by atoms with Crippen molar-refractivity contribution in [2.45, 2.75) is 6.42 Å².